The zero-order valence-electron chi connectivity index (χ0n) is 18.1. The van der Waals surface area contributed by atoms with Crippen molar-refractivity contribution in [1.29, 1.82) is 0 Å². The molecule has 1 aromatic heterocycles. The van der Waals surface area contributed by atoms with Gasteiger partial charge in [0.05, 0.1) is 17.9 Å². The predicted octanol–water partition coefficient (Wildman–Crippen LogP) is 3.22. The van der Waals surface area contributed by atoms with Gasteiger partial charge < -0.3 is 16.0 Å². The minimum Gasteiger partial charge on any atom is -0.352 e. The molecule has 1 amide bonds. The van der Waals surface area contributed by atoms with Crippen LogP contribution in [0, 0.1) is 13.8 Å². The van der Waals surface area contributed by atoms with Crippen molar-refractivity contribution < 1.29 is 4.79 Å². The van der Waals surface area contributed by atoms with Crippen LogP contribution >= 0.6 is 24.0 Å². The Morgan fingerprint density at radius 3 is 2.57 bits per heavy atom. The first-order valence-electron chi connectivity index (χ1n) is 10.4. The van der Waals surface area contributed by atoms with Gasteiger partial charge in [-0.15, -0.1) is 24.0 Å². The summed E-state index contributed by atoms with van der Waals surface area (Å²) in [5.41, 5.74) is 4.23. The Morgan fingerprint density at radius 2 is 1.90 bits per heavy atom. The third-order valence-corrected chi connectivity index (χ3v) is 5.29. The maximum absolute atomic E-state index is 12.2. The van der Waals surface area contributed by atoms with Crippen molar-refractivity contribution in [3.63, 3.8) is 0 Å². The molecule has 0 aliphatic heterocycles. The van der Waals surface area contributed by atoms with Gasteiger partial charge in [0.1, 0.15) is 0 Å². The number of carbonyl (C=O) groups excluding carboxylic acids is 1. The smallest absolute Gasteiger partial charge is 0.239 e. The number of nitrogens with one attached hydrogen (secondary N) is 3. The van der Waals surface area contributed by atoms with Crippen molar-refractivity contribution in [2.24, 2.45) is 4.99 Å². The molecule has 7 nitrogen and oxygen atoms in total. The van der Waals surface area contributed by atoms with Gasteiger partial charge in [0.2, 0.25) is 5.91 Å². The van der Waals surface area contributed by atoms with Gasteiger partial charge in [0, 0.05) is 25.3 Å². The molecule has 3 N–H and O–H groups in total. The fraction of sp³-hybridized carbons (Fsp3) is 0.500. The number of hydrogen-bond donors (Lipinski definition) is 3. The van der Waals surface area contributed by atoms with E-state index in [1.807, 2.05) is 23.7 Å². The summed E-state index contributed by atoms with van der Waals surface area (Å²) >= 11 is 0. The molecule has 1 fully saturated rings. The van der Waals surface area contributed by atoms with E-state index in [4.69, 9.17) is 0 Å². The molecule has 164 valence electrons. The molecule has 3 rings (SSSR count). The number of amides is 1. The lowest BCUT2D eigenvalue weighted by Gasteiger charge is -2.23. The molecule has 0 radical (unpaired) electrons. The highest BCUT2D eigenvalue weighted by atomic mass is 127. The van der Waals surface area contributed by atoms with Gasteiger partial charge >= 0.3 is 0 Å². The lowest BCUT2D eigenvalue weighted by molar-refractivity contribution is -0.120. The number of para-hydroxylation sites is 1. The Kier molecular flexibility index (Phi) is 9.61. The van der Waals surface area contributed by atoms with Crippen molar-refractivity contribution in [1.82, 2.24) is 25.7 Å². The molecule has 1 aliphatic rings. The Bertz CT molecular complexity index is 857. The van der Waals surface area contributed by atoms with E-state index in [0.717, 1.165) is 35.5 Å². The molecule has 1 aliphatic carbocycles. The molecule has 1 heterocycles. The number of nitrogens with zero attached hydrogens (tertiary/aromatic N) is 3. The van der Waals surface area contributed by atoms with E-state index in [-0.39, 0.29) is 36.4 Å². The van der Waals surface area contributed by atoms with Crippen LogP contribution in [0.2, 0.25) is 0 Å². The molecule has 30 heavy (non-hydrogen) atoms. The molecule has 1 saturated carbocycles. The monoisotopic (exact) mass is 524 g/mol. The summed E-state index contributed by atoms with van der Waals surface area (Å²) < 4.78 is 1.96. The number of aliphatic imine (C=N–C) groups is 1. The normalized spacial score (nSPS) is 14.7. The average Bonchev–Trinajstić information content (AvgIpc) is 3.07. The van der Waals surface area contributed by atoms with E-state index >= 15 is 0 Å². The topological polar surface area (TPSA) is 83.3 Å². The van der Waals surface area contributed by atoms with Crippen LogP contribution in [0.4, 0.5) is 0 Å². The molecular weight excluding hydrogens is 491 g/mol. The summed E-state index contributed by atoms with van der Waals surface area (Å²) in [6.45, 7) is 4.85. The highest BCUT2D eigenvalue weighted by Gasteiger charge is 2.16. The second-order valence-electron chi connectivity index (χ2n) is 7.65. The van der Waals surface area contributed by atoms with Crippen LogP contribution in [0.1, 0.15) is 49.1 Å². The fourth-order valence-corrected chi connectivity index (χ4v) is 3.83. The van der Waals surface area contributed by atoms with Gasteiger partial charge in [0.25, 0.3) is 0 Å². The molecular formula is C22H33IN6O. The third-order valence-electron chi connectivity index (χ3n) is 5.29. The highest BCUT2D eigenvalue weighted by Crippen LogP contribution is 2.18. The quantitative estimate of drug-likeness (QED) is 0.308. The van der Waals surface area contributed by atoms with Crippen LogP contribution in [0.5, 0.6) is 0 Å². The van der Waals surface area contributed by atoms with Crippen LogP contribution in [0.15, 0.2) is 35.3 Å². The number of rotatable bonds is 6. The summed E-state index contributed by atoms with van der Waals surface area (Å²) in [6, 6.07) is 10.5. The van der Waals surface area contributed by atoms with Gasteiger partial charge in [-0.3, -0.25) is 9.79 Å². The molecule has 1 aromatic carbocycles. The number of halogens is 1. The average molecular weight is 524 g/mol. The predicted molar refractivity (Wildman–Crippen MR) is 132 cm³/mol. The number of aromatic nitrogens is 2. The van der Waals surface area contributed by atoms with Gasteiger partial charge in [0.15, 0.2) is 5.96 Å². The van der Waals surface area contributed by atoms with Crippen LogP contribution in [0.3, 0.4) is 0 Å². The van der Waals surface area contributed by atoms with Gasteiger partial charge in [-0.1, -0.05) is 37.5 Å². The Morgan fingerprint density at radius 1 is 1.17 bits per heavy atom. The van der Waals surface area contributed by atoms with Crippen LogP contribution < -0.4 is 16.0 Å². The molecule has 8 heteroatoms. The number of aryl methyl sites for hydroxylation is 2. The first-order valence-corrected chi connectivity index (χ1v) is 10.4. The van der Waals surface area contributed by atoms with Crippen molar-refractivity contribution in [2.75, 3.05) is 13.6 Å². The van der Waals surface area contributed by atoms with Gasteiger partial charge in [-0.2, -0.15) is 5.10 Å². The van der Waals surface area contributed by atoms with E-state index in [1.165, 1.54) is 19.3 Å². The molecule has 0 saturated heterocycles. The van der Waals surface area contributed by atoms with Crippen molar-refractivity contribution in [3.05, 3.63) is 47.3 Å². The number of carbonyl (C=O) groups is 1. The minimum absolute atomic E-state index is 0. The maximum Gasteiger partial charge on any atom is 0.239 e. The molecule has 0 bridgehead atoms. The second kappa shape index (κ2) is 11.9. The van der Waals surface area contributed by atoms with Crippen LogP contribution in [-0.2, 0) is 11.3 Å². The van der Waals surface area contributed by atoms with E-state index in [2.05, 4.69) is 51.2 Å². The largest absolute Gasteiger partial charge is 0.352 e. The van der Waals surface area contributed by atoms with Gasteiger partial charge in [-0.05, 0) is 44.4 Å². The lowest BCUT2D eigenvalue weighted by atomic mass is 9.95. The van der Waals surface area contributed by atoms with Crippen molar-refractivity contribution >= 4 is 35.8 Å². The van der Waals surface area contributed by atoms with E-state index in [1.54, 1.807) is 7.05 Å². The van der Waals surface area contributed by atoms with E-state index in [0.29, 0.717) is 18.5 Å². The minimum atomic E-state index is 0. The molecule has 0 atom stereocenters. The lowest BCUT2D eigenvalue weighted by Crippen LogP contribution is -2.45. The summed E-state index contributed by atoms with van der Waals surface area (Å²) in [5.74, 6) is 0.620. The molecule has 0 unspecified atom stereocenters. The van der Waals surface area contributed by atoms with E-state index in [9.17, 15) is 4.79 Å². The standard InChI is InChI=1S/C22H32N6O.HI/c1-16-13-17(2)28(27-16)20-12-8-7-9-18(20)14-24-22(23-3)25-15-21(29)26-19-10-5-4-6-11-19;/h7-9,12-13,19H,4-6,10-11,14-15H2,1-3H3,(H,26,29)(H2,23,24,25);1H. The zero-order chi connectivity index (χ0) is 20.6. The number of benzene rings is 1. The third kappa shape index (κ3) is 6.72. The van der Waals surface area contributed by atoms with Gasteiger partial charge in [-0.25, -0.2) is 4.68 Å². The Hall–Kier alpha value is -2.10. The Balaban J connectivity index is 0.00000320. The molecule has 2 aromatic rings. The van der Waals surface area contributed by atoms with E-state index < -0.39 is 0 Å². The first kappa shape index (κ1) is 24.2. The summed E-state index contributed by atoms with van der Waals surface area (Å²) in [5, 5.41) is 14.1. The van der Waals surface area contributed by atoms with Crippen LogP contribution in [0.25, 0.3) is 5.69 Å². The van der Waals surface area contributed by atoms with Crippen molar-refractivity contribution in [3.8, 4) is 5.69 Å². The number of hydrogen-bond acceptors (Lipinski definition) is 3. The first-order chi connectivity index (χ1) is 14.1. The summed E-state index contributed by atoms with van der Waals surface area (Å²) in [6.07, 6.45) is 5.86. The summed E-state index contributed by atoms with van der Waals surface area (Å²) in [4.78, 5) is 16.5. The Labute approximate surface area is 196 Å². The SMILES string of the molecule is CN=C(NCC(=O)NC1CCCCC1)NCc1ccccc1-n1nc(C)cc1C.I. The van der Waals surface area contributed by atoms with Crippen molar-refractivity contribution in [2.45, 2.75) is 58.5 Å². The molecule has 0 spiro atoms. The summed E-state index contributed by atoms with van der Waals surface area (Å²) in [7, 11) is 1.71. The fourth-order valence-electron chi connectivity index (χ4n) is 3.83. The number of guanidine groups is 1. The zero-order valence-corrected chi connectivity index (χ0v) is 20.4. The second-order valence-corrected chi connectivity index (χ2v) is 7.65. The van der Waals surface area contributed by atoms with Crippen LogP contribution in [-0.4, -0.2) is 41.3 Å². The highest BCUT2D eigenvalue weighted by molar-refractivity contribution is 14.0. The maximum atomic E-state index is 12.2.